The van der Waals surface area contributed by atoms with Gasteiger partial charge in [0.1, 0.15) is 0 Å². The summed E-state index contributed by atoms with van der Waals surface area (Å²) in [4.78, 5) is 34.2. The van der Waals surface area contributed by atoms with E-state index in [9.17, 15) is 14.4 Å². The minimum absolute atomic E-state index is 0.0427. The van der Waals surface area contributed by atoms with Gasteiger partial charge in [-0.3, -0.25) is 9.59 Å². The van der Waals surface area contributed by atoms with E-state index in [1.807, 2.05) is 0 Å². The molecule has 1 atom stereocenters. The van der Waals surface area contributed by atoms with Gasteiger partial charge in [0, 0.05) is 33.0 Å². The Morgan fingerprint density at radius 3 is 2.82 bits per heavy atom. The van der Waals surface area contributed by atoms with E-state index in [4.69, 9.17) is 5.11 Å². The molecule has 1 saturated heterocycles. The molecule has 3 amide bonds. The highest BCUT2D eigenvalue weighted by atomic mass is 16.4. The Kier molecular flexibility index (Phi) is 4.74. The van der Waals surface area contributed by atoms with Crippen LogP contribution in [0.4, 0.5) is 4.79 Å². The molecule has 1 fully saturated rings. The Bertz CT molecular complexity index is 319. The summed E-state index contributed by atoms with van der Waals surface area (Å²) < 4.78 is 0. The molecule has 0 saturated carbocycles. The third-order valence-corrected chi connectivity index (χ3v) is 2.54. The quantitative estimate of drug-likeness (QED) is 0.599. The third-order valence-electron chi connectivity index (χ3n) is 2.54. The lowest BCUT2D eigenvalue weighted by Crippen LogP contribution is -2.44. The lowest BCUT2D eigenvalue weighted by molar-refractivity contribution is -0.137. The number of hydrogen-bond acceptors (Lipinski definition) is 3. The maximum absolute atomic E-state index is 11.6. The largest absolute Gasteiger partial charge is 0.481 e. The molecule has 0 aromatic carbocycles. The van der Waals surface area contributed by atoms with Crippen molar-refractivity contribution in [2.75, 3.05) is 20.1 Å². The van der Waals surface area contributed by atoms with Gasteiger partial charge in [0.05, 0.1) is 6.04 Å². The first-order valence-electron chi connectivity index (χ1n) is 5.49. The number of carbonyl (C=O) groups is 3. The maximum Gasteiger partial charge on any atom is 0.317 e. The van der Waals surface area contributed by atoms with Crippen LogP contribution in [0.5, 0.6) is 0 Å². The summed E-state index contributed by atoms with van der Waals surface area (Å²) in [6.07, 6.45) is 0.761. The highest BCUT2D eigenvalue weighted by molar-refractivity contribution is 5.81. The van der Waals surface area contributed by atoms with Crippen molar-refractivity contribution < 1.29 is 19.5 Å². The van der Waals surface area contributed by atoms with E-state index in [0.29, 0.717) is 25.9 Å². The molecule has 7 heteroatoms. The van der Waals surface area contributed by atoms with E-state index in [0.717, 1.165) is 0 Å². The molecule has 1 rings (SSSR count). The van der Waals surface area contributed by atoms with Gasteiger partial charge in [-0.05, 0) is 6.42 Å². The second-order valence-corrected chi connectivity index (χ2v) is 4.07. The number of nitrogens with one attached hydrogen (secondary N) is 2. The summed E-state index contributed by atoms with van der Waals surface area (Å²) in [5, 5.41) is 13.8. The molecule has 3 N–H and O–H groups in total. The number of carboxylic acids is 1. The molecule has 7 nitrogen and oxygen atoms in total. The first kappa shape index (κ1) is 13.3. The van der Waals surface area contributed by atoms with Gasteiger partial charge < -0.3 is 20.6 Å². The van der Waals surface area contributed by atoms with Crippen molar-refractivity contribution in [2.45, 2.75) is 25.3 Å². The summed E-state index contributed by atoms with van der Waals surface area (Å²) in [6, 6.07) is -0.450. The molecule has 96 valence electrons. The molecule has 0 aliphatic carbocycles. The zero-order chi connectivity index (χ0) is 12.8. The Morgan fingerprint density at radius 2 is 2.29 bits per heavy atom. The van der Waals surface area contributed by atoms with Crippen molar-refractivity contribution in [2.24, 2.45) is 0 Å². The van der Waals surface area contributed by atoms with Crippen molar-refractivity contribution in [1.29, 1.82) is 0 Å². The van der Waals surface area contributed by atoms with Crippen LogP contribution >= 0.6 is 0 Å². The Labute approximate surface area is 99.2 Å². The van der Waals surface area contributed by atoms with Gasteiger partial charge in [0.15, 0.2) is 0 Å². The topological polar surface area (TPSA) is 98.7 Å². The minimum atomic E-state index is -0.871. The van der Waals surface area contributed by atoms with E-state index >= 15 is 0 Å². The highest BCUT2D eigenvalue weighted by Crippen LogP contribution is 2.01. The van der Waals surface area contributed by atoms with Crippen LogP contribution in [0, 0.1) is 0 Å². The summed E-state index contributed by atoms with van der Waals surface area (Å²) in [7, 11) is 1.60. The molecule has 0 aromatic rings. The normalized spacial score (nSPS) is 18.6. The molecule has 0 aromatic heterocycles. The summed E-state index contributed by atoms with van der Waals surface area (Å²) in [5.74, 6) is -0.937. The van der Waals surface area contributed by atoms with Crippen molar-refractivity contribution in [1.82, 2.24) is 15.5 Å². The van der Waals surface area contributed by atoms with Gasteiger partial charge >= 0.3 is 12.0 Å². The number of hydrogen-bond donors (Lipinski definition) is 3. The zero-order valence-electron chi connectivity index (χ0n) is 9.73. The smallest absolute Gasteiger partial charge is 0.317 e. The Morgan fingerprint density at radius 1 is 1.59 bits per heavy atom. The molecule has 0 spiro atoms. The molecule has 1 aliphatic rings. The van der Waals surface area contributed by atoms with Crippen LogP contribution in [0.15, 0.2) is 0 Å². The number of rotatable bonds is 5. The minimum Gasteiger partial charge on any atom is -0.481 e. The Balaban J connectivity index is 2.22. The van der Waals surface area contributed by atoms with Crippen molar-refractivity contribution in [3.8, 4) is 0 Å². The van der Waals surface area contributed by atoms with Crippen molar-refractivity contribution >= 4 is 17.9 Å². The molecular weight excluding hydrogens is 226 g/mol. The average molecular weight is 243 g/mol. The fourth-order valence-corrected chi connectivity index (χ4v) is 1.56. The standard InChI is InChI=1S/C10H17N3O4/c1-13(4-2-3-9(15)16)10(17)12-7-5-8(14)11-6-7/h7H,2-6H2,1H3,(H,11,14)(H,12,17)(H,15,16). The van der Waals surface area contributed by atoms with Gasteiger partial charge in [0.2, 0.25) is 5.91 Å². The fraction of sp³-hybridized carbons (Fsp3) is 0.700. The van der Waals surface area contributed by atoms with Gasteiger partial charge in [-0.1, -0.05) is 0 Å². The number of carbonyl (C=O) groups excluding carboxylic acids is 2. The zero-order valence-corrected chi connectivity index (χ0v) is 9.73. The van der Waals surface area contributed by atoms with E-state index in [2.05, 4.69) is 10.6 Å². The third kappa shape index (κ3) is 4.71. The maximum atomic E-state index is 11.6. The van der Waals surface area contributed by atoms with Gasteiger partial charge in [0.25, 0.3) is 0 Å². The van der Waals surface area contributed by atoms with E-state index < -0.39 is 5.97 Å². The van der Waals surface area contributed by atoms with E-state index in [1.54, 1.807) is 7.05 Å². The van der Waals surface area contributed by atoms with Crippen LogP contribution in [0.25, 0.3) is 0 Å². The second kappa shape index (κ2) is 6.07. The number of aliphatic carboxylic acids is 1. The van der Waals surface area contributed by atoms with Crippen LogP contribution < -0.4 is 10.6 Å². The van der Waals surface area contributed by atoms with E-state index in [-0.39, 0.29) is 24.4 Å². The second-order valence-electron chi connectivity index (χ2n) is 4.07. The summed E-state index contributed by atoms with van der Waals surface area (Å²) >= 11 is 0. The molecule has 1 unspecified atom stereocenters. The molecular formula is C10H17N3O4. The molecule has 1 heterocycles. The predicted molar refractivity (Wildman–Crippen MR) is 59.4 cm³/mol. The van der Waals surface area contributed by atoms with Gasteiger partial charge in [-0.2, -0.15) is 0 Å². The highest BCUT2D eigenvalue weighted by Gasteiger charge is 2.23. The average Bonchev–Trinajstić information content (AvgIpc) is 2.63. The van der Waals surface area contributed by atoms with Crippen molar-refractivity contribution in [3.63, 3.8) is 0 Å². The molecule has 17 heavy (non-hydrogen) atoms. The SMILES string of the molecule is CN(CCCC(=O)O)C(=O)NC1CNC(=O)C1. The molecule has 0 bridgehead atoms. The lowest BCUT2D eigenvalue weighted by Gasteiger charge is -2.19. The van der Waals surface area contributed by atoms with Crippen LogP contribution in [-0.4, -0.2) is 54.1 Å². The van der Waals surface area contributed by atoms with Crippen molar-refractivity contribution in [3.05, 3.63) is 0 Å². The van der Waals surface area contributed by atoms with Gasteiger partial charge in [-0.15, -0.1) is 0 Å². The monoisotopic (exact) mass is 243 g/mol. The van der Waals surface area contributed by atoms with Crippen LogP contribution in [0.1, 0.15) is 19.3 Å². The summed E-state index contributed by atoms with van der Waals surface area (Å²) in [6.45, 7) is 0.833. The predicted octanol–water partition coefficient (Wildman–Crippen LogP) is -0.619. The number of urea groups is 1. The first-order chi connectivity index (χ1) is 7.99. The first-order valence-corrected chi connectivity index (χ1v) is 5.49. The van der Waals surface area contributed by atoms with E-state index in [1.165, 1.54) is 4.90 Å². The number of amides is 3. The van der Waals surface area contributed by atoms with Crippen LogP contribution in [0.2, 0.25) is 0 Å². The van der Waals surface area contributed by atoms with Crippen LogP contribution in [0.3, 0.4) is 0 Å². The molecule has 1 aliphatic heterocycles. The Hall–Kier alpha value is -1.79. The number of carboxylic acid groups (broad SMARTS) is 1. The van der Waals surface area contributed by atoms with Gasteiger partial charge in [-0.25, -0.2) is 4.79 Å². The lowest BCUT2D eigenvalue weighted by atomic mass is 10.2. The number of nitrogens with zero attached hydrogens (tertiary/aromatic N) is 1. The summed E-state index contributed by atoms with van der Waals surface area (Å²) in [5.41, 5.74) is 0. The van der Waals surface area contributed by atoms with Crippen LogP contribution in [-0.2, 0) is 9.59 Å². The fourth-order valence-electron chi connectivity index (χ4n) is 1.56. The molecule has 0 radical (unpaired) electrons.